The summed E-state index contributed by atoms with van der Waals surface area (Å²) in [6.45, 7) is 4.18. The summed E-state index contributed by atoms with van der Waals surface area (Å²) < 4.78 is 0. The van der Waals surface area contributed by atoms with Crippen molar-refractivity contribution in [3.63, 3.8) is 0 Å². The van der Waals surface area contributed by atoms with Gasteiger partial charge in [0.2, 0.25) is 0 Å². The highest BCUT2D eigenvalue weighted by molar-refractivity contribution is 6.32. The number of rotatable bonds is 1. The molecule has 106 valence electrons. The van der Waals surface area contributed by atoms with Crippen molar-refractivity contribution in [1.29, 1.82) is 0 Å². The van der Waals surface area contributed by atoms with Gasteiger partial charge in [0.05, 0.1) is 6.42 Å². The maximum atomic E-state index is 11.7. The van der Waals surface area contributed by atoms with Gasteiger partial charge in [-0.15, -0.1) is 0 Å². The van der Waals surface area contributed by atoms with E-state index in [1.54, 1.807) is 0 Å². The van der Waals surface area contributed by atoms with Crippen LogP contribution in [-0.4, -0.2) is 11.6 Å². The Balaban J connectivity index is 2.12. The Bertz CT molecular complexity index is 600. The maximum Gasteiger partial charge on any atom is 0.140 e. The van der Waals surface area contributed by atoms with Crippen molar-refractivity contribution in [3.8, 4) is 0 Å². The van der Waals surface area contributed by atoms with E-state index in [9.17, 15) is 9.59 Å². The molecule has 20 heavy (non-hydrogen) atoms. The fourth-order valence-electron chi connectivity index (χ4n) is 3.91. The molecule has 3 heteroatoms. The molecular weight excluding hydrogens is 272 g/mol. The average Bonchev–Trinajstić information content (AvgIpc) is 2.85. The summed E-state index contributed by atoms with van der Waals surface area (Å²) in [5, 5.41) is 0.788. The van der Waals surface area contributed by atoms with E-state index in [1.807, 2.05) is 0 Å². The van der Waals surface area contributed by atoms with Gasteiger partial charge in [0.15, 0.2) is 0 Å². The molecule has 1 aromatic rings. The van der Waals surface area contributed by atoms with Crippen molar-refractivity contribution in [2.24, 2.45) is 0 Å². The van der Waals surface area contributed by atoms with E-state index in [0.29, 0.717) is 12.8 Å². The lowest BCUT2D eigenvalue weighted by Gasteiger charge is -2.26. The van der Waals surface area contributed by atoms with E-state index in [2.05, 4.69) is 13.8 Å². The van der Waals surface area contributed by atoms with E-state index < -0.39 is 0 Å². The van der Waals surface area contributed by atoms with Gasteiger partial charge in [0.25, 0.3) is 0 Å². The van der Waals surface area contributed by atoms with E-state index in [1.165, 1.54) is 23.1 Å². The Morgan fingerprint density at radius 2 is 1.50 bits per heavy atom. The van der Waals surface area contributed by atoms with E-state index in [4.69, 9.17) is 11.6 Å². The molecule has 0 N–H and O–H groups in total. The molecule has 0 amide bonds. The van der Waals surface area contributed by atoms with Gasteiger partial charge in [0.1, 0.15) is 11.6 Å². The lowest BCUT2D eigenvalue weighted by atomic mass is 9.78. The van der Waals surface area contributed by atoms with Gasteiger partial charge >= 0.3 is 0 Å². The van der Waals surface area contributed by atoms with Crippen LogP contribution >= 0.6 is 11.6 Å². The molecule has 1 fully saturated rings. The molecule has 0 radical (unpaired) electrons. The van der Waals surface area contributed by atoms with Crippen molar-refractivity contribution in [1.82, 2.24) is 0 Å². The molecule has 0 saturated heterocycles. The summed E-state index contributed by atoms with van der Waals surface area (Å²) in [4.78, 5) is 23.5. The molecule has 1 aromatic carbocycles. The van der Waals surface area contributed by atoms with Crippen LogP contribution in [0, 0.1) is 13.8 Å². The zero-order valence-electron chi connectivity index (χ0n) is 12.0. The van der Waals surface area contributed by atoms with Crippen LogP contribution in [0.25, 0.3) is 0 Å². The number of ketones is 2. The predicted molar refractivity (Wildman–Crippen MR) is 79.6 cm³/mol. The van der Waals surface area contributed by atoms with Gasteiger partial charge in [-0.3, -0.25) is 9.59 Å². The van der Waals surface area contributed by atoms with Crippen LogP contribution in [0.15, 0.2) is 0 Å². The first-order valence-electron chi connectivity index (χ1n) is 7.32. The summed E-state index contributed by atoms with van der Waals surface area (Å²) in [6.07, 6.45) is 4.41. The average molecular weight is 291 g/mol. The van der Waals surface area contributed by atoms with Gasteiger partial charge in [-0.1, -0.05) is 11.6 Å². The van der Waals surface area contributed by atoms with Gasteiger partial charge < -0.3 is 0 Å². The lowest BCUT2D eigenvalue weighted by Crippen LogP contribution is -2.22. The molecule has 1 saturated carbocycles. The third kappa shape index (κ3) is 2.10. The number of fused-ring (bicyclic) bond motifs is 1. The van der Waals surface area contributed by atoms with Crippen LogP contribution in [0.1, 0.15) is 59.4 Å². The van der Waals surface area contributed by atoms with E-state index >= 15 is 0 Å². The summed E-state index contributed by atoms with van der Waals surface area (Å²) in [5.41, 5.74) is 6.24. The third-order valence-electron chi connectivity index (χ3n) is 4.84. The topological polar surface area (TPSA) is 34.1 Å². The SMILES string of the molecule is Cc1c(Cl)c(C2CC(=O)CC(=O)C2)c(C)c2c1CCC2. The van der Waals surface area contributed by atoms with Crippen LogP contribution < -0.4 is 0 Å². The number of carbonyl (C=O) groups is 2. The van der Waals surface area contributed by atoms with Crippen molar-refractivity contribution in [3.05, 3.63) is 32.8 Å². The molecule has 2 nitrogen and oxygen atoms in total. The normalized spacial score (nSPS) is 19.6. The fourth-order valence-corrected chi connectivity index (χ4v) is 4.32. The zero-order valence-corrected chi connectivity index (χ0v) is 12.8. The van der Waals surface area contributed by atoms with Crippen molar-refractivity contribution in [2.45, 2.75) is 58.3 Å². The van der Waals surface area contributed by atoms with Crippen molar-refractivity contribution < 1.29 is 9.59 Å². The highest BCUT2D eigenvalue weighted by Crippen LogP contribution is 2.42. The summed E-state index contributed by atoms with van der Waals surface area (Å²) in [6, 6.07) is 0. The maximum absolute atomic E-state index is 11.7. The molecule has 0 bridgehead atoms. The molecule has 0 atom stereocenters. The number of Topliss-reactive ketones (excluding diaryl/α,β-unsaturated/α-hetero) is 2. The molecule has 0 spiro atoms. The Morgan fingerprint density at radius 3 is 2.10 bits per heavy atom. The predicted octanol–water partition coefficient (Wildman–Crippen LogP) is 3.85. The monoisotopic (exact) mass is 290 g/mol. The first-order chi connectivity index (χ1) is 9.49. The Kier molecular flexibility index (Phi) is 3.45. The Hall–Kier alpha value is -1.15. The van der Waals surface area contributed by atoms with Gasteiger partial charge in [-0.25, -0.2) is 0 Å². The fraction of sp³-hybridized carbons (Fsp3) is 0.529. The minimum absolute atomic E-state index is 0.0131. The Morgan fingerprint density at radius 1 is 0.950 bits per heavy atom. The van der Waals surface area contributed by atoms with E-state index in [-0.39, 0.29) is 23.9 Å². The molecule has 0 unspecified atom stereocenters. The molecule has 0 heterocycles. The van der Waals surface area contributed by atoms with Crippen LogP contribution in [-0.2, 0) is 22.4 Å². The van der Waals surface area contributed by atoms with Crippen LogP contribution in [0.4, 0.5) is 0 Å². The number of hydrogen-bond donors (Lipinski definition) is 0. The van der Waals surface area contributed by atoms with E-state index in [0.717, 1.165) is 29.0 Å². The van der Waals surface area contributed by atoms with Crippen molar-refractivity contribution >= 4 is 23.2 Å². The zero-order chi connectivity index (χ0) is 14.4. The van der Waals surface area contributed by atoms with Crippen LogP contribution in [0.5, 0.6) is 0 Å². The highest BCUT2D eigenvalue weighted by Gasteiger charge is 2.31. The summed E-state index contributed by atoms with van der Waals surface area (Å²) >= 11 is 6.59. The largest absolute Gasteiger partial charge is 0.299 e. The van der Waals surface area contributed by atoms with Gasteiger partial charge in [0, 0.05) is 17.9 Å². The number of benzene rings is 1. The van der Waals surface area contributed by atoms with Crippen LogP contribution in [0.2, 0.25) is 5.02 Å². The number of halogens is 1. The first-order valence-corrected chi connectivity index (χ1v) is 7.70. The quantitative estimate of drug-likeness (QED) is 0.736. The highest BCUT2D eigenvalue weighted by atomic mass is 35.5. The van der Waals surface area contributed by atoms with Crippen molar-refractivity contribution in [2.75, 3.05) is 0 Å². The molecule has 2 aliphatic rings. The van der Waals surface area contributed by atoms with Gasteiger partial charge in [-0.2, -0.15) is 0 Å². The first kappa shape index (κ1) is 13.8. The number of carbonyl (C=O) groups excluding carboxylic acids is 2. The molecule has 0 aromatic heterocycles. The van der Waals surface area contributed by atoms with Crippen LogP contribution in [0.3, 0.4) is 0 Å². The molecule has 0 aliphatic heterocycles. The third-order valence-corrected chi connectivity index (χ3v) is 5.33. The Labute approximate surface area is 124 Å². The molecule has 2 aliphatic carbocycles. The summed E-state index contributed by atoms with van der Waals surface area (Å²) in [7, 11) is 0. The molecular formula is C17H19ClO2. The second-order valence-corrected chi connectivity index (χ2v) is 6.53. The standard InChI is InChI=1S/C17H19ClO2/c1-9-14-4-3-5-15(14)10(2)17(18)16(9)11-6-12(19)8-13(20)7-11/h11H,3-8H2,1-2H3. The number of hydrogen-bond acceptors (Lipinski definition) is 2. The van der Waals surface area contributed by atoms with Gasteiger partial charge in [-0.05, 0) is 66.8 Å². The minimum atomic E-state index is -0.0131. The smallest absolute Gasteiger partial charge is 0.140 e. The minimum Gasteiger partial charge on any atom is -0.299 e. The second-order valence-electron chi connectivity index (χ2n) is 6.15. The second kappa shape index (κ2) is 5.00. The lowest BCUT2D eigenvalue weighted by molar-refractivity contribution is -0.130. The summed E-state index contributed by atoms with van der Waals surface area (Å²) in [5.74, 6) is 0.0978. The molecule has 3 rings (SSSR count).